The summed E-state index contributed by atoms with van der Waals surface area (Å²) < 4.78 is 5.92. The van der Waals surface area contributed by atoms with E-state index in [9.17, 15) is 0 Å². The Kier molecular flexibility index (Phi) is 3.95. The minimum atomic E-state index is 0.148. The monoisotopic (exact) mass is 306 g/mol. The van der Waals surface area contributed by atoms with E-state index >= 15 is 0 Å². The van der Waals surface area contributed by atoms with Gasteiger partial charge in [0.05, 0.1) is 6.20 Å². The molecular weight excluding hydrogens is 284 g/mol. The van der Waals surface area contributed by atoms with Crippen LogP contribution in [-0.4, -0.2) is 12.0 Å². The van der Waals surface area contributed by atoms with Gasteiger partial charge in [0.2, 0.25) is 5.89 Å². The average molecular weight is 306 g/mol. The van der Waals surface area contributed by atoms with Gasteiger partial charge in [0.25, 0.3) is 0 Å². The van der Waals surface area contributed by atoms with Crippen molar-refractivity contribution in [3.05, 3.63) is 60.3 Å². The molecule has 0 spiro atoms. The maximum absolute atomic E-state index is 5.92. The summed E-state index contributed by atoms with van der Waals surface area (Å²) in [5.74, 6) is 1.43. The Labute approximate surface area is 137 Å². The maximum atomic E-state index is 5.92. The van der Waals surface area contributed by atoms with Crippen molar-refractivity contribution in [3.63, 3.8) is 0 Å². The summed E-state index contributed by atoms with van der Waals surface area (Å²) in [6.45, 7) is 6.63. The number of anilines is 1. The van der Waals surface area contributed by atoms with E-state index in [0.29, 0.717) is 5.89 Å². The molecule has 0 fully saturated rings. The summed E-state index contributed by atoms with van der Waals surface area (Å²) in [5.41, 5.74) is 4.54. The molecule has 1 heterocycles. The fourth-order valence-corrected chi connectivity index (χ4v) is 2.45. The van der Waals surface area contributed by atoms with Gasteiger partial charge in [-0.15, -0.1) is 0 Å². The van der Waals surface area contributed by atoms with E-state index in [0.717, 1.165) is 22.6 Å². The number of oxazole rings is 1. The van der Waals surface area contributed by atoms with Crippen LogP contribution < -0.4 is 5.32 Å². The summed E-state index contributed by atoms with van der Waals surface area (Å²) in [5, 5.41) is 3.11. The van der Waals surface area contributed by atoms with Crippen LogP contribution in [0.2, 0.25) is 0 Å². The SMILES string of the molecule is CNc1ccc(-c2cnc(-c3ccc(C(C)(C)C)cc3)o2)cc1. The van der Waals surface area contributed by atoms with E-state index in [2.05, 4.69) is 55.3 Å². The van der Waals surface area contributed by atoms with E-state index in [4.69, 9.17) is 4.42 Å². The smallest absolute Gasteiger partial charge is 0.226 e. The molecule has 23 heavy (non-hydrogen) atoms. The molecule has 0 saturated carbocycles. The van der Waals surface area contributed by atoms with Gasteiger partial charge in [-0.2, -0.15) is 0 Å². The third-order valence-corrected chi connectivity index (χ3v) is 3.96. The Bertz CT molecular complexity index is 778. The predicted octanol–water partition coefficient (Wildman–Crippen LogP) is 5.35. The van der Waals surface area contributed by atoms with Gasteiger partial charge in [0.15, 0.2) is 5.76 Å². The van der Waals surface area contributed by atoms with Gasteiger partial charge < -0.3 is 9.73 Å². The number of nitrogens with zero attached hydrogens (tertiary/aromatic N) is 1. The maximum Gasteiger partial charge on any atom is 0.226 e. The van der Waals surface area contributed by atoms with Crippen molar-refractivity contribution < 1.29 is 4.42 Å². The zero-order chi connectivity index (χ0) is 16.4. The first-order valence-electron chi connectivity index (χ1n) is 7.82. The van der Waals surface area contributed by atoms with Gasteiger partial charge >= 0.3 is 0 Å². The van der Waals surface area contributed by atoms with Crippen LogP contribution in [0.5, 0.6) is 0 Å². The molecule has 0 radical (unpaired) electrons. The van der Waals surface area contributed by atoms with Crippen LogP contribution in [0.25, 0.3) is 22.8 Å². The number of nitrogens with one attached hydrogen (secondary N) is 1. The quantitative estimate of drug-likeness (QED) is 0.709. The second-order valence-electron chi connectivity index (χ2n) is 6.68. The van der Waals surface area contributed by atoms with Crippen molar-refractivity contribution in [1.82, 2.24) is 4.98 Å². The summed E-state index contributed by atoms with van der Waals surface area (Å²) in [4.78, 5) is 4.41. The van der Waals surface area contributed by atoms with Gasteiger partial charge in [-0.3, -0.25) is 0 Å². The van der Waals surface area contributed by atoms with Crippen LogP contribution in [0.4, 0.5) is 5.69 Å². The lowest BCUT2D eigenvalue weighted by Crippen LogP contribution is -2.10. The number of hydrogen-bond acceptors (Lipinski definition) is 3. The zero-order valence-corrected chi connectivity index (χ0v) is 14.1. The Balaban J connectivity index is 1.86. The first kappa shape index (κ1) is 15.3. The number of aromatic nitrogens is 1. The Morgan fingerprint density at radius 3 is 2.04 bits per heavy atom. The minimum absolute atomic E-state index is 0.148. The van der Waals surface area contributed by atoms with Crippen LogP contribution >= 0.6 is 0 Å². The number of rotatable bonds is 3. The molecule has 0 bridgehead atoms. The Morgan fingerprint density at radius 1 is 0.870 bits per heavy atom. The Morgan fingerprint density at radius 2 is 1.48 bits per heavy atom. The van der Waals surface area contributed by atoms with Crippen LogP contribution in [0.3, 0.4) is 0 Å². The largest absolute Gasteiger partial charge is 0.436 e. The van der Waals surface area contributed by atoms with Crippen molar-refractivity contribution in [2.75, 3.05) is 12.4 Å². The van der Waals surface area contributed by atoms with Crippen molar-refractivity contribution >= 4 is 5.69 Å². The molecule has 2 aromatic carbocycles. The van der Waals surface area contributed by atoms with E-state index in [1.54, 1.807) is 6.20 Å². The highest BCUT2D eigenvalue weighted by molar-refractivity contribution is 5.63. The van der Waals surface area contributed by atoms with Crippen LogP contribution in [0.15, 0.2) is 59.1 Å². The van der Waals surface area contributed by atoms with E-state index in [-0.39, 0.29) is 5.41 Å². The summed E-state index contributed by atoms with van der Waals surface area (Å²) in [6.07, 6.45) is 1.78. The lowest BCUT2D eigenvalue weighted by Gasteiger charge is -2.18. The molecule has 0 aliphatic rings. The molecule has 0 unspecified atom stereocenters. The molecule has 0 atom stereocenters. The topological polar surface area (TPSA) is 38.1 Å². The van der Waals surface area contributed by atoms with Crippen LogP contribution in [0.1, 0.15) is 26.3 Å². The molecule has 1 aromatic heterocycles. The van der Waals surface area contributed by atoms with E-state index < -0.39 is 0 Å². The average Bonchev–Trinajstić information content (AvgIpc) is 3.04. The predicted molar refractivity (Wildman–Crippen MR) is 95.6 cm³/mol. The van der Waals surface area contributed by atoms with Gasteiger partial charge in [-0.25, -0.2) is 4.98 Å². The number of benzene rings is 2. The zero-order valence-electron chi connectivity index (χ0n) is 14.1. The fourth-order valence-electron chi connectivity index (χ4n) is 2.45. The first-order chi connectivity index (χ1) is 11.0. The molecular formula is C20H22N2O. The second-order valence-corrected chi connectivity index (χ2v) is 6.68. The van der Waals surface area contributed by atoms with Gasteiger partial charge in [0, 0.05) is 23.9 Å². The summed E-state index contributed by atoms with van der Waals surface area (Å²) >= 11 is 0. The van der Waals surface area contributed by atoms with Crippen molar-refractivity contribution in [3.8, 4) is 22.8 Å². The second kappa shape index (κ2) is 5.92. The van der Waals surface area contributed by atoms with Gasteiger partial charge in [-0.05, 0) is 47.4 Å². The third kappa shape index (κ3) is 3.29. The number of hydrogen-bond donors (Lipinski definition) is 1. The summed E-state index contributed by atoms with van der Waals surface area (Å²) in [6, 6.07) is 16.5. The van der Waals surface area contributed by atoms with Crippen LogP contribution in [-0.2, 0) is 5.41 Å². The molecule has 0 amide bonds. The van der Waals surface area contributed by atoms with Crippen molar-refractivity contribution in [2.45, 2.75) is 26.2 Å². The highest BCUT2D eigenvalue weighted by Gasteiger charge is 2.14. The van der Waals surface area contributed by atoms with E-state index in [1.807, 2.05) is 31.3 Å². The molecule has 3 aromatic rings. The lowest BCUT2D eigenvalue weighted by molar-refractivity contribution is 0.584. The Hall–Kier alpha value is -2.55. The molecule has 118 valence electrons. The fraction of sp³-hybridized carbons (Fsp3) is 0.250. The van der Waals surface area contributed by atoms with E-state index in [1.165, 1.54) is 5.56 Å². The molecule has 0 aliphatic heterocycles. The molecule has 3 rings (SSSR count). The molecule has 3 nitrogen and oxygen atoms in total. The highest BCUT2D eigenvalue weighted by atomic mass is 16.4. The molecule has 0 saturated heterocycles. The molecule has 0 aliphatic carbocycles. The minimum Gasteiger partial charge on any atom is -0.436 e. The van der Waals surface area contributed by atoms with Crippen LogP contribution in [0, 0.1) is 0 Å². The normalized spacial score (nSPS) is 11.5. The first-order valence-corrected chi connectivity index (χ1v) is 7.82. The third-order valence-electron chi connectivity index (χ3n) is 3.96. The molecule has 3 heteroatoms. The van der Waals surface area contributed by atoms with Crippen molar-refractivity contribution in [1.29, 1.82) is 0 Å². The lowest BCUT2D eigenvalue weighted by atomic mass is 9.87. The van der Waals surface area contributed by atoms with Crippen molar-refractivity contribution in [2.24, 2.45) is 0 Å². The standard InChI is InChI=1S/C20H22N2O/c1-20(2,3)16-9-5-15(6-10-16)19-22-13-18(23-19)14-7-11-17(21-4)12-8-14/h5-13,21H,1-4H3. The molecule has 1 N–H and O–H groups in total. The van der Waals surface area contributed by atoms with Gasteiger partial charge in [0.1, 0.15) is 0 Å². The van der Waals surface area contributed by atoms with Gasteiger partial charge in [-0.1, -0.05) is 32.9 Å². The summed E-state index contributed by atoms with van der Waals surface area (Å²) in [7, 11) is 1.91. The highest BCUT2D eigenvalue weighted by Crippen LogP contribution is 2.29.